The van der Waals surface area contributed by atoms with E-state index in [2.05, 4.69) is 10.2 Å². The normalized spacial score (nSPS) is 14.5. The van der Waals surface area contributed by atoms with Gasteiger partial charge in [-0.2, -0.15) is 0 Å². The number of carbonyl (C=O) groups is 2. The van der Waals surface area contributed by atoms with Crippen LogP contribution < -0.4 is 14.8 Å². The number of carbonyl (C=O) groups excluding carboxylic acids is 2. The van der Waals surface area contributed by atoms with E-state index in [1.54, 1.807) is 48.5 Å². The molecule has 3 rings (SSSR count). The second-order valence-electron chi connectivity index (χ2n) is 7.60. The molecule has 0 unspecified atom stereocenters. The molecule has 2 aromatic rings. The van der Waals surface area contributed by atoms with Crippen molar-refractivity contribution in [2.24, 2.45) is 5.92 Å². The molecule has 1 aliphatic rings. The number of nitrogens with zero attached hydrogens (tertiary/aromatic N) is 1. The minimum Gasteiger partial charge on any atom is -0.508 e. The predicted octanol–water partition coefficient (Wildman–Crippen LogP) is 3.33. The third-order valence-corrected chi connectivity index (χ3v) is 5.27. The van der Waals surface area contributed by atoms with Gasteiger partial charge in [0.25, 0.3) is 0 Å². The Kier molecular flexibility index (Phi) is 8.74. The minimum absolute atomic E-state index is 0.0108. The Morgan fingerprint density at radius 2 is 1.81 bits per heavy atom. The van der Waals surface area contributed by atoms with Crippen LogP contribution in [0.3, 0.4) is 0 Å². The average molecular weight is 443 g/mol. The zero-order valence-electron chi connectivity index (χ0n) is 18.3. The lowest BCUT2D eigenvalue weighted by molar-refractivity contribution is -0.149. The number of likely N-dealkylation sites (tertiary alicyclic amines) is 1. The molecule has 1 saturated heterocycles. The summed E-state index contributed by atoms with van der Waals surface area (Å²) in [6.45, 7) is 5.55. The molecule has 2 aromatic carbocycles. The first-order valence-electron chi connectivity index (χ1n) is 10.9. The molecule has 0 atom stereocenters. The first-order valence-corrected chi connectivity index (χ1v) is 10.9. The lowest BCUT2D eigenvalue weighted by atomic mass is 9.97. The van der Waals surface area contributed by atoms with E-state index < -0.39 is 6.09 Å². The number of phenolic OH excluding ortho intramolecular Hbond substituents is 1. The van der Waals surface area contributed by atoms with Gasteiger partial charge in [0, 0.05) is 13.1 Å². The van der Waals surface area contributed by atoms with Crippen molar-refractivity contribution < 1.29 is 28.9 Å². The number of hydrogen-bond acceptors (Lipinski definition) is 7. The second kappa shape index (κ2) is 12.0. The summed E-state index contributed by atoms with van der Waals surface area (Å²) in [5.74, 6) is 1.18. The summed E-state index contributed by atoms with van der Waals surface area (Å²) in [5.41, 5.74) is 0.774. The zero-order valence-corrected chi connectivity index (χ0v) is 18.3. The molecule has 0 aromatic heterocycles. The Morgan fingerprint density at radius 3 is 2.50 bits per heavy atom. The van der Waals surface area contributed by atoms with Crippen molar-refractivity contribution in [1.82, 2.24) is 10.2 Å². The summed E-state index contributed by atoms with van der Waals surface area (Å²) in [6, 6.07) is 13.5. The smallest absolute Gasteiger partial charge is 0.412 e. The lowest BCUT2D eigenvalue weighted by Gasteiger charge is -2.30. The van der Waals surface area contributed by atoms with Crippen LogP contribution in [0.2, 0.25) is 0 Å². The summed E-state index contributed by atoms with van der Waals surface area (Å²) in [7, 11) is 0. The van der Waals surface area contributed by atoms with Gasteiger partial charge in [-0.25, -0.2) is 4.79 Å². The molecule has 0 spiro atoms. The van der Waals surface area contributed by atoms with Crippen LogP contribution >= 0.6 is 0 Å². The largest absolute Gasteiger partial charge is 0.508 e. The maximum absolute atomic E-state index is 11.9. The molecule has 0 aliphatic carbocycles. The van der Waals surface area contributed by atoms with Crippen molar-refractivity contribution in [2.45, 2.75) is 26.3 Å². The highest BCUT2D eigenvalue weighted by Crippen LogP contribution is 2.20. The molecule has 0 radical (unpaired) electrons. The van der Waals surface area contributed by atoms with Gasteiger partial charge in [0.05, 0.1) is 12.5 Å². The Hall–Kier alpha value is -3.26. The number of hydrogen-bond donors (Lipinski definition) is 2. The van der Waals surface area contributed by atoms with E-state index in [1.807, 2.05) is 6.92 Å². The third kappa shape index (κ3) is 7.46. The molecule has 0 saturated carbocycles. The highest BCUT2D eigenvalue weighted by Gasteiger charge is 2.25. The van der Waals surface area contributed by atoms with Crippen LogP contribution in [0.1, 0.15) is 25.3 Å². The van der Waals surface area contributed by atoms with Crippen LogP contribution in [0.5, 0.6) is 17.2 Å². The summed E-state index contributed by atoms with van der Waals surface area (Å²) in [6.07, 6.45) is 1.06. The number of nitrogens with one attached hydrogen (secondary N) is 1. The van der Waals surface area contributed by atoms with Gasteiger partial charge in [-0.1, -0.05) is 12.1 Å². The van der Waals surface area contributed by atoms with Crippen LogP contribution in [0.25, 0.3) is 0 Å². The van der Waals surface area contributed by atoms with Gasteiger partial charge in [0.1, 0.15) is 23.9 Å². The SMILES string of the molecule is CCOC(=O)C1CCN(CCOc2ccc(OC(=O)NCc3cccc(O)c3)cc2)CC1. The van der Waals surface area contributed by atoms with Crippen LogP contribution in [0, 0.1) is 5.92 Å². The van der Waals surface area contributed by atoms with Gasteiger partial charge < -0.3 is 24.6 Å². The van der Waals surface area contributed by atoms with E-state index in [0.29, 0.717) is 24.7 Å². The van der Waals surface area contributed by atoms with Gasteiger partial charge >= 0.3 is 12.1 Å². The predicted molar refractivity (Wildman–Crippen MR) is 119 cm³/mol. The quantitative estimate of drug-likeness (QED) is 0.575. The van der Waals surface area contributed by atoms with Crippen molar-refractivity contribution in [1.29, 1.82) is 0 Å². The highest BCUT2D eigenvalue weighted by atomic mass is 16.6. The van der Waals surface area contributed by atoms with Crippen LogP contribution in [-0.2, 0) is 16.1 Å². The van der Waals surface area contributed by atoms with Gasteiger partial charge in [-0.05, 0) is 74.8 Å². The number of piperidine rings is 1. The third-order valence-electron chi connectivity index (χ3n) is 5.27. The molecule has 1 fully saturated rings. The second-order valence-corrected chi connectivity index (χ2v) is 7.60. The van der Waals surface area contributed by atoms with Crippen molar-refractivity contribution >= 4 is 12.1 Å². The van der Waals surface area contributed by atoms with Gasteiger partial charge in [0.15, 0.2) is 0 Å². The Balaban J connectivity index is 1.33. The zero-order chi connectivity index (χ0) is 22.8. The van der Waals surface area contributed by atoms with E-state index in [0.717, 1.165) is 38.0 Å². The number of amides is 1. The standard InChI is InChI=1S/C24H30N2O6/c1-2-30-23(28)19-10-12-26(13-11-19)14-15-31-21-6-8-22(9-7-21)32-24(29)25-17-18-4-3-5-20(27)16-18/h3-9,16,19,27H,2,10-15,17H2,1H3,(H,25,29). The maximum Gasteiger partial charge on any atom is 0.412 e. The molecule has 1 amide bonds. The molecule has 1 heterocycles. The first-order chi connectivity index (χ1) is 15.5. The van der Waals surface area contributed by atoms with E-state index in [9.17, 15) is 14.7 Å². The van der Waals surface area contributed by atoms with E-state index in [1.165, 1.54) is 0 Å². The molecule has 172 valence electrons. The van der Waals surface area contributed by atoms with Crippen molar-refractivity contribution in [3.63, 3.8) is 0 Å². The molecular weight excluding hydrogens is 412 g/mol. The molecular formula is C24H30N2O6. The number of ether oxygens (including phenoxy) is 3. The fourth-order valence-electron chi connectivity index (χ4n) is 3.53. The highest BCUT2D eigenvalue weighted by molar-refractivity contribution is 5.72. The lowest BCUT2D eigenvalue weighted by Crippen LogP contribution is -2.39. The number of rotatable bonds is 9. The molecule has 8 heteroatoms. The Bertz CT molecular complexity index is 878. The van der Waals surface area contributed by atoms with E-state index in [-0.39, 0.29) is 24.2 Å². The molecule has 1 aliphatic heterocycles. The fourth-order valence-corrected chi connectivity index (χ4v) is 3.53. The van der Waals surface area contributed by atoms with Crippen molar-refractivity contribution in [3.8, 4) is 17.2 Å². The summed E-state index contributed by atoms with van der Waals surface area (Å²) < 4.78 is 16.1. The maximum atomic E-state index is 11.9. The monoisotopic (exact) mass is 442 g/mol. The molecule has 32 heavy (non-hydrogen) atoms. The van der Waals surface area contributed by atoms with E-state index in [4.69, 9.17) is 14.2 Å². The number of aromatic hydroxyl groups is 1. The van der Waals surface area contributed by atoms with Crippen LogP contribution in [0.4, 0.5) is 4.79 Å². The molecule has 8 nitrogen and oxygen atoms in total. The van der Waals surface area contributed by atoms with Crippen molar-refractivity contribution in [2.75, 3.05) is 32.8 Å². The number of esters is 1. The van der Waals surface area contributed by atoms with Gasteiger partial charge in [-0.3, -0.25) is 9.69 Å². The summed E-state index contributed by atoms with van der Waals surface area (Å²) in [5, 5.41) is 12.1. The van der Waals surface area contributed by atoms with Crippen LogP contribution in [-0.4, -0.2) is 54.9 Å². The number of phenols is 1. The fraction of sp³-hybridized carbons (Fsp3) is 0.417. The van der Waals surface area contributed by atoms with Gasteiger partial charge in [-0.15, -0.1) is 0 Å². The van der Waals surface area contributed by atoms with E-state index >= 15 is 0 Å². The number of benzene rings is 2. The average Bonchev–Trinajstić information content (AvgIpc) is 2.79. The summed E-state index contributed by atoms with van der Waals surface area (Å²) >= 11 is 0. The van der Waals surface area contributed by atoms with Gasteiger partial charge in [0.2, 0.25) is 0 Å². The van der Waals surface area contributed by atoms with Crippen molar-refractivity contribution in [3.05, 3.63) is 54.1 Å². The molecule has 0 bridgehead atoms. The first kappa shape index (κ1) is 23.4. The molecule has 2 N–H and O–H groups in total. The Morgan fingerprint density at radius 1 is 1.09 bits per heavy atom. The summed E-state index contributed by atoms with van der Waals surface area (Å²) in [4.78, 5) is 26.0. The van der Waals surface area contributed by atoms with Crippen LogP contribution in [0.15, 0.2) is 48.5 Å². The Labute approximate surface area is 188 Å². The topological polar surface area (TPSA) is 97.3 Å². The minimum atomic E-state index is -0.576.